The first-order chi connectivity index (χ1) is 12.4. The van der Waals surface area contributed by atoms with Gasteiger partial charge in [0.1, 0.15) is 0 Å². The molecule has 1 unspecified atom stereocenters. The summed E-state index contributed by atoms with van der Waals surface area (Å²) in [5, 5.41) is 3.55. The molecule has 26 heavy (non-hydrogen) atoms. The van der Waals surface area contributed by atoms with Crippen molar-refractivity contribution in [2.24, 2.45) is 0 Å². The van der Waals surface area contributed by atoms with Gasteiger partial charge < -0.3 is 14.8 Å². The third-order valence-corrected chi connectivity index (χ3v) is 4.45. The quantitative estimate of drug-likeness (QED) is 0.581. The minimum absolute atomic E-state index is 0.0681. The van der Waals surface area contributed by atoms with Gasteiger partial charge in [-0.25, -0.2) is 9.59 Å². The average Bonchev–Trinajstić information content (AvgIpc) is 2.60. The summed E-state index contributed by atoms with van der Waals surface area (Å²) in [5.74, 6) is -1.65. The highest BCUT2D eigenvalue weighted by Gasteiger charge is 2.38. The van der Waals surface area contributed by atoms with Crippen molar-refractivity contribution in [2.45, 2.75) is 26.7 Å². The largest absolute Gasteiger partial charge is 0.463 e. The van der Waals surface area contributed by atoms with E-state index in [4.69, 9.17) is 32.7 Å². The van der Waals surface area contributed by atoms with Gasteiger partial charge in [-0.1, -0.05) is 23.7 Å². The van der Waals surface area contributed by atoms with Crippen LogP contribution in [0.5, 0.6) is 0 Å². The van der Waals surface area contributed by atoms with Crippen LogP contribution in [0.25, 0.3) is 0 Å². The van der Waals surface area contributed by atoms with Crippen LogP contribution in [0.4, 0.5) is 0 Å². The summed E-state index contributed by atoms with van der Waals surface area (Å²) in [5.41, 5.74) is 2.40. The first-order valence-corrected chi connectivity index (χ1v) is 9.22. The Morgan fingerprint density at radius 1 is 1.12 bits per heavy atom. The molecule has 0 fully saturated rings. The van der Waals surface area contributed by atoms with E-state index in [1.807, 2.05) is 0 Å². The van der Waals surface area contributed by atoms with Crippen LogP contribution in [0, 0.1) is 0 Å². The smallest absolute Gasteiger partial charge is 0.336 e. The third-order valence-electron chi connectivity index (χ3n) is 3.95. The fourth-order valence-corrected chi connectivity index (χ4v) is 3.36. The third kappa shape index (κ3) is 4.22. The van der Waals surface area contributed by atoms with Crippen LogP contribution in [0.3, 0.4) is 0 Å². The maximum absolute atomic E-state index is 12.7. The molecule has 7 heteroatoms. The standard InChI is InChI=1S/C19H21Cl2NO4/c1-4-25-18(23)15-11(3)22-14(10-20)17(19(24)26-5-2)16(15)12-7-6-8-13(21)9-12/h6-9,16,22H,4-5,10H2,1-3H3. The molecule has 1 N–H and O–H groups in total. The molecule has 1 aromatic rings. The number of benzene rings is 1. The van der Waals surface area contributed by atoms with Crippen LogP contribution in [-0.4, -0.2) is 31.0 Å². The highest BCUT2D eigenvalue weighted by molar-refractivity contribution is 6.30. The summed E-state index contributed by atoms with van der Waals surface area (Å²) in [7, 11) is 0. The lowest BCUT2D eigenvalue weighted by Gasteiger charge is -2.31. The molecule has 1 aliphatic heterocycles. The molecule has 2 rings (SSSR count). The van der Waals surface area contributed by atoms with Gasteiger partial charge in [0.05, 0.1) is 36.2 Å². The van der Waals surface area contributed by atoms with Crippen molar-refractivity contribution in [1.29, 1.82) is 0 Å². The van der Waals surface area contributed by atoms with Gasteiger partial charge in [-0.15, -0.1) is 11.6 Å². The summed E-state index contributed by atoms with van der Waals surface area (Å²) >= 11 is 12.2. The van der Waals surface area contributed by atoms with Crippen LogP contribution < -0.4 is 5.32 Å². The molecule has 140 valence electrons. The van der Waals surface area contributed by atoms with Crippen molar-refractivity contribution in [3.05, 3.63) is 57.4 Å². The molecule has 0 bridgehead atoms. The van der Waals surface area contributed by atoms with Crippen LogP contribution in [0.15, 0.2) is 46.8 Å². The van der Waals surface area contributed by atoms with Crippen LogP contribution in [-0.2, 0) is 19.1 Å². The first kappa shape index (κ1) is 20.3. The van der Waals surface area contributed by atoms with E-state index in [9.17, 15) is 9.59 Å². The maximum atomic E-state index is 12.7. The molecule has 5 nitrogen and oxygen atoms in total. The molecular weight excluding hydrogens is 377 g/mol. The topological polar surface area (TPSA) is 64.6 Å². The molecule has 1 atom stereocenters. The molecule has 0 saturated heterocycles. The molecule has 0 radical (unpaired) electrons. The minimum atomic E-state index is -0.679. The van der Waals surface area contributed by atoms with Gasteiger partial charge in [0.25, 0.3) is 0 Å². The lowest BCUT2D eigenvalue weighted by molar-refractivity contribution is -0.139. The van der Waals surface area contributed by atoms with E-state index in [0.29, 0.717) is 27.6 Å². The maximum Gasteiger partial charge on any atom is 0.336 e. The van der Waals surface area contributed by atoms with E-state index >= 15 is 0 Å². The van der Waals surface area contributed by atoms with Gasteiger partial charge in [0, 0.05) is 16.4 Å². The Morgan fingerprint density at radius 2 is 1.73 bits per heavy atom. The Hall–Kier alpha value is -1.98. The van der Waals surface area contributed by atoms with Gasteiger partial charge in [-0.2, -0.15) is 0 Å². The summed E-state index contributed by atoms with van der Waals surface area (Å²) in [6.07, 6.45) is 0. The van der Waals surface area contributed by atoms with Gasteiger partial charge in [-0.3, -0.25) is 0 Å². The average molecular weight is 398 g/mol. The predicted octanol–water partition coefficient (Wildman–Crippen LogP) is 3.92. The van der Waals surface area contributed by atoms with Crippen molar-refractivity contribution in [1.82, 2.24) is 5.32 Å². The second-order valence-electron chi connectivity index (χ2n) is 5.62. The molecular formula is C19H21Cl2NO4. The van der Waals surface area contributed by atoms with E-state index in [2.05, 4.69) is 5.32 Å². The number of carbonyl (C=O) groups is 2. The normalized spacial score (nSPS) is 17.0. The number of allylic oxidation sites excluding steroid dienone is 2. The molecule has 0 aromatic heterocycles. The summed E-state index contributed by atoms with van der Waals surface area (Å²) in [6.45, 7) is 5.62. The number of carbonyl (C=O) groups excluding carboxylic acids is 2. The van der Waals surface area contributed by atoms with Gasteiger partial charge in [-0.05, 0) is 38.5 Å². The second kappa shape index (κ2) is 9.10. The van der Waals surface area contributed by atoms with E-state index in [-0.39, 0.29) is 24.7 Å². The number of dihydropyridines is 1. The molecule has 1 aromatic carbocycles. The number of hydrogen-bond acceptors (Lipinski definition) is 5. The van der Waals surface area contributed by atoms with Gasteiger partial charge in [0.15, 0.2) is 0 Å². The zero-order chi connectivity index (χ0) is 19.3. The summed E-state index contributed by atoms with van der Waals surface area (Å²) < 4.78 is 10.4. The fourth-order valence-electron chi connectivity index (χ4n) is 2.95. The molecule has 0 aliphatic carbocycles. The highest BCUT2D eigenvalue weighted by Crippen LogP contribution is 2.40. The number of nitrogens with one attached hydrogen (secondary N) is 1. The number of halogens is 2. The van der Waals surface area contributed by atoms with Gasteiger partial charge >= 0.3 is 11.9 Å². The zero-order valence-electron chi connectivity index (χ0n) is 14.9. The number of ether oxygens (including phenoxy) is 2. The SMILES string of the molecule is CCOC(=O)C1=C(C)NC(CCl)=C(C(=O)OCC)C1c1cccc(Cl)c1. The number of alkyl halides is 1. The van der Waals surface area contributed by atoms with Crippen LogP contribution >= 0.6 is 23.2 Å². The van der Waals surface area contributed by atoms with E-state index in [1.54, 1.807) is 45.0 Å². The van der Waals surface area contributed by atoms with Crippen molar-refractivity contribution in [3.8, 4) is 0 Å². The first-order valence-electron chi connectivity index (χ1n) is 8.31. The second-order valence-corrected chi connectivity index (χ2v) is 6.32. The molecule has 0 saturated carbocycles. The highest BCUT2D eigenvalue weighted by atomic mass is 35.5. The molecule has 1 heterocycles. The van der Waals surface area contributed by atoms with E-state index < -0.39 is 17.9 Å². The summed E-state index contributed by atoms with van der Waals surface area (Å²) in [6, 6.07) is 7.01. The van der Waals surface area contributed by atoms with Gasteiger partial charge in [0.2, 0.25) is 0 Å². The Kier molecular flexibility index (Phi) is 7.12. The Morgan fingerprint density at radius 3 is 2.27 bits per heavy atom. The van der Waals surface area contributed by atoms with Crippen molar-refractivity contribution >= 4 is 35.1 Å². The van der Waals surface area contributed by atoms with Crippen LogP contribution in [0.2, 0.25) is 5.02 Å². The van der Waals surface area contributed by atoms with E-state index in [0.717, 1.165) is 0 Å². The molecule has 0 amide bonds. The number of hydrogen-bond donors (Lipinski definition) is 1. The Bertz CT molecular complexity index is 771. The van der Waals surface area contributed by atoms with Crippen molar-refractivity contribution in [2.75, 3.05) is 19.1 Å². The predicted molar refractivity (Wildman–Crippen MR) is 101 cm³/mol. The number of esters is 2. The number of rotatable bonds is 6. The van der Waals surface area contributed by atoms with Crippen molar-refractivity contribution < 1.29 is 19.1 Å². The van der Waals surface area contributed by atoms with Crippen LogP contribution in [0.1, 0.15) is 32.3 Å². The van der Waals surface area contributed by atoms with E-state index in [1.165, 1.54) is 0 Å². The fraction of sp³-hybridized carbons (Fsp3) is 0.368. The summed E-state index contributed by atoms with van der Waals surface area (Å²) in [4.78, 5) is 25.3. The van der Waals surface area contributed by atoms with Crippen molar-refractivity contribution in [3.63, 3.8) is 0 Å². The zero-order valence-corrected chi connectivity index (χ0v) is 16.4. The lowest BCUT2D eigenvalue weighted by Crippen LogP contribution is -2.34. The minimum Gasteiger partial charge on any atom is -0.463 e. The Labute approximate surface area is 162 Å². The Balaban J connectivity index is 2.68. The molecule has 0 spiro atoms. The lowest BCUT2D eigenvalue weighted by atomic mass is 9.80. The molecule has 1 aliphatic rings. The monoisotopic (exact) mass is 397 g/mol.